The van der Waals surface area contributed by atoms with Crippen LogP contribution < -0.4 is 9.80 Å². The van der Waals surface area contributed by atoms with Gasteiger partial charge in [-0.3, -0.25) is 19.4 Å². The second-order valence-corrected chi connectivity index (χ2v) is 17.3. The molecule has 9 aliphatic heterocycles. The minimum absolute atomic E-state index is 0.0123. The number of hydrogen-bond acceptors (Lipinski definition) is 5. The van der Waals surface area contributed by atoms with Crippen LogP contribution in [0.5, 0.6) is 0 Å². The molecule has 0 N–H and O–H groups in total. The monoisotopic (exact) mass is 650 g/mol. The molecule has 5 saturated heterocycles. The molecule has 9 heterocycles. The van der Waals surface area contributed by atoms with Crippen LogP contribution in [0.2, 0.25) is 0 Å². The number of anilines is 2. The van der Waals surface area contributed by atoms with Crippen molar-refractivity contribution >= 4 is 23.2 Å². The van der Waals surface area contributed by atoms with Crippen LogP contribution in [0.4, 0.5) is 11.4 Å². The van der Waals surface area contributed by atoms with Crippen LogP contribution in [0, 0.1) is 29.6 Å². The Bertz CT molecular complexity index is 2020. The van der Waals surface area contributed by atoms with Gasteiger partial charge >= 0.3 is 0 Å². The average molecular weight is 651 g/mol. The van der Waals surface area contributed by atoms with Gasteiger partial charge in [-0.25, -0.2) is 0 Å². The summed E-state index contributed by atoms with van der Waals surface area (Å²) in [7, 11) is 0. The maximum Gasteiger partial charge on any atom is 0.250 e. The van der Waals surface area contributed by atoms with Crippen LogP contribution in [-0.4, -0.2) is 84.2 Å². The van der Waals surface area contributed by atoms with Gasteiger partial charge in [-0.2, -0.15) is 0 Å². The van der Waals surface area contributed by atoms with Gasteiger partial charge in [0, 0.05) is 65.3 Å². The van der Waals surface area contributed by atoms with Crippen molar-refractivity contribution in [2.75, 3.05) is 36.0 Å². The lowest BCUT2D eigenvalue weighted by Gasteiger charge is -2.61. The predicted octanol–water partition coefficient (Wildman–Crippen LogP) is 4.58. The van der Waals surface area contributed by atoms with Crippen molar-refractivity contribution in [3.05, 3.63) is 95.1 Å². The molecule has 0 aromatic heterocycles. The van der Waals surface area contributed by atoms with Gasteiger partial charge in [0.1, 0.15) is 0 Å². The summed E-state index contributed by atoms with van der Waals surface area (Å²) in [5, 5.41) is 0. The van der Waals surface area contributed by atoms with E-state index in [1.807, 2.05) is 6.08 Å². The molecule has 7 fully saturated rings. The van der Waals surface area contributed by atoms with Gasteiger partial charge < -0.3 is 14.5 Å². The minimum atomic E-state index is -0.252. The molecule has 11 aliphatic rings. The van der Waals surface area contributed by atoms with E-state index >= 15 is 4.79 Å². The zero-order chi connectivity index (χ0) is 32.1. The molecule has 7 heteroatoms. The van der Waals surface area contributed by atoms with E-state index in [4.69, 9.17) is 4.74 Å². The van der Waals surface area contributed by atoms with Crippen LogP contribution in [0.15, 0.2) is 84.0 Å². The van der Waals surface area contributed by atoms with Gasteiger partial charge in [-0.1, -0.05) is 65.8 Å². The highest BCUT2D eigenvalue weighted by molar-refractivity contribution is 6.06. The molecule has 2 aromatic rings. The molecule has 7 nitrogen and oxygen atoms in total. The molecular formula is C42H42N4O3. The Morgan fingerprint density at radius 3 is 2.49 bits per heavy atom. The minimum Gasteiger partial charge on any atom is -0.373 e. The molecule has 2 spiro atoms. The molecule has 49 heavy (non-hydrogen) atoms. The zero-order valence-electron chi connectivity index (χ0n) is 27.9. The van der Waals surface area contributed by atoms with Crippen molar-refractivity contribution in [3.8, 4) is 0 Å². The molecular weight excluding hydrogens is 608 g/mol. The number of fused-ring (bicyclic) bond motifs is 6. The van der Waals surface area contributed by atoms with Gasteiger partial charge in [0.25, 0.3) is 5.91 Å². The lowest BCUT2D eigenvalue weighted by atomic mass is 9.52. The summed E-state index contributed by atoms with van der Waals surface area (Å²) in [4.78, 5) is 39.7. The average Bonchev–Trinajstić information content (AvgIpc) is 3.82. The van der Waals surface area contributed by atoms with Crippen LogP contribution >= 0.6 is 0 Å². The maximum absolute atomic E-state index is 15.8. The Balaban J connectivity index is 1.02. The molecule has 13 atom stereocenters. The highest BCUT2D eigenvalue weighted by atomic mass is 16.5. The molecule has 2 saturated carbocycles. The number of piperidine rings is 3. The van der Waals surface area contributed by atoms with Crippen molar-refractivity contribution < 1.29 is 14.3 Å². The molecule has 4 bridgehead atoms. The lowest BCUT2D eigenvalue weighted by Crippen LogP contribution is -2.73. The number of hydrogen-bond donors (Lipinski definition) is 0. The molecule has 0 radical (unpaired) electrons. The van der Waals surface area contributed by atoms with Crippen molar-refractivity contribution in [3.63, 3.8) is 0 Å². The topological polar surface area (TPSA) is 56.3 Å². The number of allylic oxidation sites excluding steroid dienone is 1. The Morgan fingerprint density at radius 2 is 1.65 bits per heavy atom. The summed E-state index contributed by atoms with van der Waals surface area (Å²) in [6, 6.07) is 18.8. The molecule has 2 aliphatic carbocycles. The number of carbonyl (C=O) groups excluding carboxylic acids is 2. The molecule has 2 amide bonds. The predicted molar refractivity (Wildman–Crippen MR) is 185 cm³/mol. The van der Waals surface area contributed by atoms with Crippen LogP contribution in [0.25, 0.3) is 0 Å². The van der Waals surface area contributed by atoms with Crippen molar-refractivity contribution in [2.24, 2.45) is 29.6 Å². The third-order valence-corrected chi connectivity index (χ3v) is 16.4. The third kappa shape index (κ3) is 2.76. The van der Waals surface area contributed by atoms with Crippen molar-refractivity contribution in [1.29, 1.82) is 0 Å². The molecule has 13 rings (SSSR count). The summed E-state index contributed by atoms with van der Waals surface area (Å²) >= 11 is 0. The summed E-state index contributed by atoms with van der Waals surface area (Å²) in [6.07, 6.45) is 13.0. The smallest absolute Gasteiger partial charge is 0.250 e. The van der Waals surface area contributed by atoms with Crippen molar-refractivity contribution in [1.82, 2.24) is 9.80 Å². The third-order valence-electron chi connectivity index (χ3n) is 16.4. The number of amides is 2. The normalized spacial score (nSPS) is 48.1. The maximum atomic E-state index is 15.8. The Labute approximate surface area is 287 Å². The summed E-state index contributed by atoms with van der Waals surface area (Å²) in [5.74, 6) is 1.61. The number of carbonyl (C=O) groups is 2. The fraction of sp³-hybridized carbons (Fsp3) is 0.524. The molecule has 0 unspecified atom stereocenters. The SMILES string of the molecule is C/C=C1/CN2[C@@H]([C@@H]3C(=O)N4c5ccccc5[C@]56CCN7CC8=CCO[C@@H]3[C@H]([C@@H]8C[C@H]75)[C@H]46)C[C@]34c5ccccc5N5C(=O)C=C[C@H]([C@H]53)[C@H]1C[C@H]24. The zero-order valence-corrected chi connectivity index (χ0v) is 27.9. The van der Waals surface area contributed by atoms with Crippen LogP contribution in [-0.2, 0) is 25.2 Å². The number of nitrogens with zero attached hydrogens (tertiary/aromatic N) is 4. The van der Waals surface area contributed by atoms with Crippen molar-refractivity contribution in [2.45, 2.75) is 79.8 Å². The van der Waals surface area contributed by atoms with E-state index in [0.29, 0.717) is 36.3 Å². The number of para-hydroxylation sites is 2. The number of benzene rings is 2. The summed E-state index contributed by atoms with van der Waals surface area (Å²) < 4.78 is 7.14. The second kappa shape index (κ2) is 8.67. The van der Waals surface area contributed by atoms with E-state index in [-0.39, 0.29) is 58.8 Å². The first-order chi connectivity index (χ1) is 24.1. The Hall–Kier alpha value is -3.52. The second-order valence-electron chi connectivity index (χ2n) is 17.3. The largest absolute Gasteiger partial charge is 0.373 e. The van der Waals surface area contributed by atoms with E-state index in [0.717, 1.165) is 44.6 Å². The van der Waals surface area contributed by atoms with Crippen LogP contribution in [0.3, 0.4) is 0 Å². The van der Waals surface area contributed by atoms with Gasteiger partial charge in [0.2, 0.25) is 5.91 Å². The Kier molecular flexibility index (Phi) is 4.82. The van der Waals surface area contributed by atoms with E-state index < -0.39 is 0 Å². The summed E-state index contributed by atoms with van der Waals surface area (Å²) in [6.45, 7) is 5.88. The first kappa shape index (κ1) is 27.2. The van der Waals surface area contributed by atoms with Gasteiger partial charge in [0.05, 0.1) is 30.7 Å². The van der Waals surface area contributed by atoms with E-state index in [1.165, 1.54) is 28.8 Å². The fourth-order valence-electron chi connectivity index (χ4n) is 15.2. The summed E-state index contributed by atoms with van der Waals surface area (Å²) in [5.41, 5.74) is 7.85. The van der Waals surface area contributed by atoms with E-state index in [1.54, 1.807) is 5.57 Å². The van der Waals surface area contributed by atoms with Gasteiger partial charge in [-0.05, 0) is 80.3 Å². The lowest BCUT2D eigenvalue weighted by molar-refractivity contribution is -0.149. The highest BCUT2D eigenvalue weighted by Crippen LogP contribution is 2.70. The molecule has 2 aromatic carbocycles. The van der Waals surface area contributed by atoms with E-state index in [9.17, 15) is 4.79 Å². The molecule has 248 valence electrons. The van der Waals surface area contributed by atoms with Gasteiger partial charge in [-0.15, -0.1) is 0 Å². The first-order valence-corrected chi connectivity index (χ1v) is 19.0. The highest BCUT2D eigenvalue weighted by Gasteiger charge is 2.76. The van der Waals surface area contributed by atoms with E-state index in [2.05, 4.69) is 93.3 Å². The van der Waals surface area contributed by atoms with Crippen LogP contribution in [0.1, 0.15) is 43.7 Å². The standard InChI is InChI=1S/C42H42N4O3/c1-2-22-21-44-31(19-42-28-8-4-5-9-29(28)45-34(47)12-11-24(38(42)45)25(22)17-33(42)44)36-37-35-26-18-32-41(14-15-43(32)20-23(26)13-16-49-37)27-7-3-6-10-30(27)46(39(35)41)40(36)48/h2-13,24-26,31-33,35-39H,14-21H2,1H3/b22-2-/t24-,25-,26+,31+,32-,33-,35-,36-,37+,38-,39-,41+,42+/m0/s1. The Morgan fingerprint density at radius 1 is 0.878 bits per heavy atom. The number of ether oxygens (including phenoxy) is 1. The quantitative estimate of drug-likeness (QED) is 0.424. The van der Waals surface area contributed by atoms with Gasteiger partial charge in [0.15, 0.2) is 0 Å². The number of rotatable bonds is 1. The fourth-order valence-corrected chi connectivity index (χ4v) is 15.2. The first-order valence-electron chi connectivity index (χ1n) is 19.0.